The maximum Gasteiger partial charge on any atom is 0.240 e. The molecule has 3 rings (SSSR count). The summed E-state index contributed by atoms with van der Waals surface area (Å²) in [6.45, 7) is 3.51. The number of hydrogen-bond acceptors (Lipinski definition) is 2. The van der Waals surface area contributed by atoms with Crippen LogP contribution in [0.5, 0.6) is 0 Å². The van der Waals surface area contributed by atoms with Crippen LogP contribution in [0.25, 0.3) is 0 Å². The van der Waals surface area contributed by atoms with Crippen molar-refractivity contribution in [1.82, 2.24) is 10.2 Å². The van der Waals surface area contributed by atoms with Crippen LogP contribution in [0.4, 0.5) is 0 Å². The Morgan fingerprint density at radius 2 is 1.78 bits per heavy atom. The van der Waals surface area contributed by atoms with E-state index >= 15 is 0 Å². The summed E-state index contributed by atoms with van der Waals surface area (Å²) in [7, 11) is 1.89. The van der Waals surface area contributed by atoms with E-state index in [9.17, 15) is 4.79 Å². The first kappa shape index (κ1) is 17.5. The van der Waals surface area contributed by atoms with Crippen molar-refractivity contribution in [1.29, 1.82) is 0 Å². The van der Waals surface area contributed by atoms with Gasteiger partial charge in [-0.05, 0) is 35.6 Å². The standard InChI is InChI=1S/C19H22N2O.ClH/c1-14-7-3-4-10-17(14)13-21(2)19(22)18-11-15-8-5-6-9-16(15)12-20-18;/h3-10,18,20H,11-13H2,1-2H3;1H. The molecule has 2 aromatic carbocycles. The largest absolute Gasteiger partial charge is 0.340 e. The highest BCUT2D eigenvalue weighted by Crippen LogP contribution is 2.18. The number of rotatable bonds is 3. The van der Waals surface area contributed by atoms with Gasteiger partial charge in [-0.2, -0.15) is 0 Å². The summed E-state index contributed by atoms with van der Waals surface area (Å²) < 4.78 is 0. The van der Waals surface area contributed by atoms with Crippen molar-refractivity contribution in [2.24, 2.45) is 0 Å². The van der Waals surface area contributed by atoms with E-state index in [4.69, 9.17) is 0 Å². The summed E-state index contributed by atoms with van der Waals surface area (Å²) in [4.78, 5) is 14.5. The van der Waals surface area contributed by atoms with E-state index in [1.54, 1.807) is 0 Å². The molecule has 0 radical (unpaired) electrons. The van der Waals surface area contributed by atoms with Gasteiger partial charge < -0.3 is 10.2 Å². The zero-order valence-corrected chi connectivity index (χ0v) is 14.4. The molecule has 2 aromatic rings. The number of halogens is 1. The number of nitrogens with zero attached hydrogens (tertiary/aromatic N) is 1. The van der Waals surface area contributed by atoms with Crippen LogP contribution in [-0.2, 0) is 24.3 Å². The van der Waals surface area contributed by atoms with E-state index in [0.29, 0.717) is 6.54 Å². The van der Waals surface area contributed by atoms with Crippen molar-refractivity contribution in [2.45, 2.75) is 32.5 Å². The van der Waals surface area contributed by atoms with Gasteiger partial charge in [0, 0.05) is 20.1 Å². The molecule has 0 aromatic heterocycles. The highest BCUT2D eigenvalue weighted by molar-refractivity contribution is 5.85. The van der Waals surface area contributed by atoms with Gasteiger partial charge in [-0.25, -0.2) is 0 Å². The van der Waals surface area contributed by atoms with Gasteiger partial charge >= 0.3 is 0 Å². The summed E-state index contributed by atoms with van der Waals surface area (Å²) in [6.07, 6.45) is 0.771. The van der Waals surface area contributed by atoms with Gasteiger partial charge in [0.2, 0.25) is 5.91 Å². The summed E-state index contributed by atoms with van der Waals surface area (Å²) in [6, 6.07) is 16.4. The molecule has 1 heterocycles. The van der Waals surface area contributed by atoms with Crippen LogP contribution in [0.2, 0.25) is 0 Å². The lowest BCUT2D eigenvalue weighted by molar-refractivity contribution is -0.132. The molecule has 0 spiro atoms. The lowest BCUT2D eigenvalue weighted by atomic mass is 9.95. The molecule has 0 saturated heterocycles. The van der Waals surface area contributed by atoms with Crippen molar-refractivity contribution < 1.29 is 4.79 Å². The average molecular weight is 331 g/mol. The van der Waals surface area contributed by atoms with Crippen LogP contribution < -0.4 is 5.32 Å². The van der Waals surface area contributed by atoms with Crippen LogP contribution in [-0.4, -0.2) is 23.9 Å². The second-order valence-corrected chi connectivity index (χ2v) is 6.03. The van der Waals surface area contributed by atoms with Gasteiger partial charge in [0.15, 0.2) is 0 Å². The normalized spacial score (nSPS) is 16.2. The minimum atomic E-state index is -0.121. The maximum absolute atomic E-state index is 12.7. The molecule has 1 N–H and O–H groups in total. The van der Waals surface area contributed by atoms with Crippen molar-refractivity contribution >= 4 is 18.3 Å². The van der Waals surface area contributed by atoms with Crippen LogP contribution >= 0.6 is 12.4 Å². The highest BCUT2D eigenvalue weighted by Gasteiger charge is 2.26. The number of hydrogen-bond donors (Lipinski definition) is 1. The first-order valence-electron chi connectivity index (χ1n) is 7.75. The maximum atomic E-state index is 12.7. The number of carbonyl (C=O) groups excluding carboxylic acids is 1. The van der Waals surface area contributed by atoms with Gasteiger partial charge in [-0.1, -0.05) is 48.5 Å². The Kier molecular flexibility index (Phi) is 5.80. The van der Waals surface area contributed by atoms with Crippen molar-refractivity contribution in [3.05, 3.63) is 70.8 Å². The van der Waals surface area contributed by atoms with E-state index in [1.807, 2.05) is 36.2 Å². The summed E-state index contributed by atoms with van der Waals surface area (Å²) in [5.41, 5.74) is 5.01. The smallest absolute Gasteiger partial charge is 0.240 e. The molecule has 4 heteroatoms. The molecule has 0 bridgehead atoms. The third-order valence-electron chi connectivity index (χ3n) is 4.42. The molecule has 122 valence electrons. The van der Waals surface area contributed by atoms with Crippen LogP contribution in [0.3, 0.4) is 0 Å². The predicted octanol–water partition coefficient (Wildman–Crippen LogP) is 3.09. The minimum absolute atomic E-state index is 0. The van der Waals surface area contributed by atoms with Crippen LogP contribution in [0.1, 0.15) is 22.3 Å². The fraction of sp³-hybridized carbons (Fsp3) is 0.316. The zero-order chi connectivity index (χ0) is 15.5. The Morgan fingerprint density at radius 3 is 2.52 bits per heavy atom. The van der Waals surface area contributed by atoms with E-state index < -0.39 is 0 Å². The average Bonchev–Trinajstić information content (AvgIpc) is 2.55. The molecule has 0 fully saturated rings. The van der Waals surface area contributed by atoms with Crippen molar-refractivity contribution in [3.8, 4) is 0 Å². The number of likely N-dealkylation sites (N-methyl/N-ethyl adjacent to an activating group) is 1. The Hall–Kier alpha value is -1.84. The van der Waals surface area contributed by atoms with Crippen LogP contribution in [0.15, 0.2) is 48.5 Å². The Labute approximate surface area is 144 Å². The number of amides is 1. The fourth-order valence-corrected chi connectivity index (χ4v) is 3.02. The summed E-state index contributed by atoms with van der Waals surface area (Å²) >= 11 is 0. The molecule has 0 aliphatic carbocycles. The van der Waals surface area contributed by atoms with Crippen LogP contribution in [0, 0.1) is 6.92 Å². The second kappa shape index (κ2) is 7.62. The fourth-order valence-electron chi connectivity index (χ4n) is 3.02. The Morgan fingerprint density at radius 1 is 1.13 bits per heavy atom. The van der Waals surface area contributed by atoms with Gasteiger partial charge in [-0.15, -0.1) is 12.4 Å². The van der Waals surface area contributed by atoms with E-state index in [0.717, 1.165) is 13.0 Å². The van der Waals surface area contributed by atoms with Crippen molar-refractivity contribution in [3.63, 3.8) is 0 Å². The first-order valence-corrected chi connectivity index (χ1v) is 7.75. The Bertz CT molecular complexity index is 687. The lowest BCUT2D eigenvalue weighted by Gasteiger charge is -2.29. The summed E-state index contributed by atoms with van der Waals surface area (Å²) in [5, 5.41) is 3.37. The molecule has 23 heavy (non-hydrogen) atoms. The molecule has 3 nitrogen and oxygen atoms in total. The topological polar surface area (TPSA) is 32.3 Å². The molecule has 1 aliphatic rings. The quantitative estimate of drug-likeness (QED) is 0.938. The summed E-state index contributed by atoms with van der Waals surface area (Å²) in [5.74, 6) is 0.165. The second-order valence-electron chi connectivity index (χ2n) is 6.03. The third-order valence-corrected chi connectivity index (χ3v) is 4.42. The van der Waals surface area contributed by atoms with Gasteiger partial charge in [0.05, 0.1) is 6.04 Å². The van der Waals surface area contributed by atoms with E-state index in [-0.39, 0.29) is 24.4 Å². The molecular weight excluding hydrogens is 308 g/mol. The van der Waals surface area contributed by atoms with Gasteiger partial charge in [0.1, 0.15) is 0 Å². The molecule has 1 aliphatic heterocycles. The van der Waals surface area contributed by atoms with Gasteiger partial charge in [0.25, 0.3) is 0 Å². The number of fused-ring (bicyclic) bond motifs is 1. The number of benzene rings is 2. The number of aryl methyl sites for hydroxylation is 1. The first-order chi connectivity index (χ1) is 10.6. The van der Waals surface area contributed by atoms with E-state index in [1.165, 1.54) is 22.3 Å². The molecular formula is C19H23ClN2O. The monoisotopic (exact) mass is 330 g/mol. The highest BCUT2D eigenvalue weighted by atomic mass is 35.5. The Balaban J connectivity index is 0.00000192. The number of carbonyl (C=O) groups is 1. The SMILES string of the molecule is Cc1ccccc1CN(C)C(=O)C1Cc2ccccc2CN1.Cl. The zero-order valence-electron chi connectivity index (χ0n) is 13.6. The molecule has 1 amide bonds. The predicted molar refractivity (Wildman–Crippen MR) is 95.7 cm³/mol. The third kappa shape index (κ3) is 3.92. The van der Waals surface area contributed by atoms with E-state index in [2.05, 4.69) is 36.5 Å². The molecule has 1 atom stereocenters. The minimum Gasteiger partial charge on any atom is -0.340 e. The molecule has 1 unspecified atom stereocenters. The van der Waals surface area contributed by atoms with Gasteiger partial charge in [-0.3, -0.25) is 4.79 Å². The number of nitrogens with one attached hydrogen (secondary N) is 1. The molecule has 0 saturated carbocycles. The van der Waals surface area contributed by atoms with Crippen molar-refractivity contribution in [2.75, 3.05) is 7.05 Å². The lowest BCUT2D eigenvalue weighted by Crippen LogP contribution is -2.48.